The highest BCUT2D eigenvalue weighted by Gasteiger charge is 2.18. The van der Waals surface area contributed by atoms with Crippen LogP contribution in [0.25, 0.3) is 16.7 Å². The SMILES string of the molecule is Clc1ccc(-n2ncc3c(NCC4CCCO4)nc(Cl)nc32)cc1. The first-order chi connectivity index (χ1) is 11.7. The maximum Gasteiger partial charge on any atom is 0.226 e. The molecule has 1 aliphatic heterocycles. The molecule has 2 aromatic heterocycles. The van der Waals surface area contributed by atoms with Crippen molar-refractivity contribution in [3.8, 4) is 5.69 Å². The van der Waals surface area contributed by atoms with E-state index in [0.717, 1.165) is 30.5 Å². The Hall–Kier alpha value is -1.89. The van der Waals surface area contributed by atoms with E-state index in [2.05, 4.69) is 20.4 Å². The van der Waals surface area contributed by atoms with Crippen molar-refractivity contribution < 1.29 is 4.74 Å². The zero-order chi connectivity index (χ0) is 16.5. The van der Waals surface area contributed by atoms with Gasteiger partial charge in [-0.05, 0) is 48.7 Å². The largest absolute Gasteiger partial charge is 0.376 e. The van der Waals surface area contributed by atoms with Crippen LogP contribution in [0, 0.1) is 0 Å². The Bertz CT molecular complexity index is 859. The van der Waals surface area contributed by atoms with Crippen molar-refractivity contribution in [3.05, 3.63) is 40.8 Å². The molecule has 6 nitrogen and oxygen atoms in total. The molecule has 0 spiro atoms. The van der Waals surface area contributed by atoms with Gasteiger partial charge in [-0.2, -0.15) is 15.1 Å². The summed E-state index contributed by atoms with van der Waals surface area (Å²) in [6.45, 7) is 1.51. The first-order valence-electron chi connectivity index (χ1n) is 7.73. The summed E-state index contributed by atoms with van der Waals surface area (Å²) in [4.78, 5) is 8.62. The van der Waals surface area contributed by atoms with Gasteiger partial charge in [0.1, 0.15) is 5.82 Å². The monoisotopic (exact) mass is 363 g/mol. The normalized spacial score (nSPS) is 17.5. The molecular formula is C16H15Cl2N5O. The van der Waals surface area contributed by atoms with Crippen LogP contribution >= 0.6 is 23.2 Å². The zero-order valence-electron chi connectivity index (χ0n) is 12.7. The average molecular weight is 364 g/mol. The van der Waals surface area contributed by atoms with E-state index in [1.54, 1.807) is 10.9 Å². The van der Waals surface area contributed by atoms with Crippen LogP contribution in [0.15, 0.2) is 30.5 Å². The molecule has 4 rings (SSSR count). The van der Waals surface area contributed by atoms with Crippen LogP contribution in [0.4, 0.5) is 5.82 Å². The van der Waals surface area contributed by atoms with Crippen LogP contribution < -0.4 is 5.32 Å². The number of hydrogen-bond acceptors (Lipinski definition) is 5. The summed E-state index contributed by atoms with van der Waals surface area (Å²) in [5, 5.41) is 9.38. The van der Waals surface area contributed by atoms with Crippen LogP contribution in [-0.2, 0) is 4.74 Å². The van der Waals surface area contributed by atoms with Crippen molar-refractivity contribution in [1.29, 1.82) is 0 Å². The number of rotatable bonds is 4. The summed E-state index contributed by atoms with van der Waals surface area (Å²) in [6, 6.07) is 7.38. The molecular weight excluding hydrogens is 349 g/mol. The highest BCUT2D eigenvalue weighted by molar-refractivity contribution is 6.30. The molecule has 0 amide bonds. The highest BCUT2D eigenvalue weighted by atomic mass is 35.5. The van der Waals surface area contributed by atoms with E-state index < -0.39 is 0 Å². The Balaban J connectivity index is 1.69. The lowest BCUT2D eigenvalue weighted by molar-refractivity contribution is 0.120. The lowest BCUT2D eigenvalue weighted by Gasteiger charge is -2.12. The van der Waals surface area contributed by atoms with Crippen LogP contribution in [0.5, 0.6) is 0 Å². The summed E-state index contributed by atoms with van der Waals surface area (Å²) in [7, 11) is 0. The van der Waals surface area contributed by atoms with E-state index in [9.17, 15) is 0 Å². The fourth-order valence-corrected chi connectivity index (χ4v) is 3.09. The summed E-state index contributed by atoms with van der Waals surface area (Å²) < 4.78 is 7.35. The summed E-state index contributed by atoms with van der Waals surface area (Å²) >= 11 is 12.1. The fourth-order valence-electron chi connectivity index (χ4n) is 2.80. The predicted molar refractivity (Wildman–Crippen MR) is 94.1 cm³/mol. The number of aromatic nitrogens is 4. The molecule has 1 fully saturated rings. The molecule has 8 heteroatoms. The van der Waals surface area contributed by atoms with Crippen LogP contribution in [0.3, 0.4) is 0 Å². The van der Waals surface area contributed by atoms with Gasteiger partial charge in [0.15, 0.2) is 5.65 Å². The predicted octanol–water partition coefficient (Wildman–Crippen LogP) is 3.71. The Morgan fingerprint density at radius 2 is 2.04 bits per heavy atom. The van der Waals surface area contributed by atoms with Crippen molar-refractivity contribution in [1.82, 2.24) is 19.7 Å². The molecule has 24 heavy (non-hydrogen) atoms. The molecule has 124 valence electrons. The summed E-state index contributed by atoms with van der Waals surface area (Å²) in [5.41, 5.74) is 1.50. The third-order valence-corrected chi connectivity index (χ3v) is 4.41. The van der Waals surface area contributed by atoms with E-state index in [1.807, 2.05) is 24.3 Å². The van der Waals surface area contributed by atoms with Crippen molar-refractivity contribution in [3.63, 3.8) is 0 Å². The molecule has 3 aromatic rings. The molecule has 0 aliphatic carbocycles. The molecule has 1 atom stereocenters. The zero-order valence-corrected chi connectivity index (χ0v) is 14.3. The van der Waals surface area contributed by atoms with Gasteiger partial charge < -0.3 is 10.1 Å². The van der Waals surface area contributed by atoms with Crippen LogP contribution in [0.2, 0.25) is 10.3 Å². The Morgan fingerprint density at radius 3 is 2.79 bits per heavy atom. The Labute approximate surface area is 148 Å². The second kappa shape index (κ2) is 6.55. The minimum Gasteiger partial charge on any atom is -0.376 e. The highest BCUT2D eigenvalue weighted by Crippen LogP contribution is 2.25. The molecule has 1 unspecified atom stereocenters. The van der Waals surface area contributed by atoms with Gasteiger partial charge >= 0.3 is 0 Å². The summed E-state index contributed by atoms with van der Waals surface area (Å²) in [5.74, 6) is 0.667. The number of hydrogen-bond donors (Lipinski definition) is 1. The first kappa shape index (κ1) is 15.6. The van der Waals surface area contributed by atoms with E-state index >= 15 is 0 Å². The third-order valence-electron chi connectivity index (χ3n) is 3.99. The molecule has 1 N–H and O–H groups in total. The van der Waals surface area contributed by atoms with Gasteiger partial charge in [-0.1, -0.05) is 11.6 Å². The van der Waals surface area contributed by atoms with Gasteiger partial charge in [-0.25, -0.2) is 4.68 Å². The molecule has 0 bridgehead atoms. The Kier molecular flexibility index (Phi) is 4.26. The van der Waals surface area contributed by atoms with Gasteiger partial charge in [0.25, 0.3) is 0 Å². The van der Waals surface area contributed by atoms with E-state index in [0.29, 0.717) is 23.0 Å². The van der Waals surface area contributed by atoms with Crippen molar-refractivity contribution in [2.45, 2.75) is 18.9 Å². The number of ether oxygens (including phenoxy) is 1. The van der Waals surface area contributed by atoms with Gasteiger partial charge in [-0.15, -0.1) is 0 Å². The molecule has 0 saturated carbocycles. The van der Waals surface area contributed by atoms with Gasteiger partial charge in [0, 0.05) is 18.2 Å². The van der Waals surface area contributed by atoms with Crippen molar-refractivity contribution >= 4 is 40.1 Å². The van der Waals surface area contributed by atoms with Gasteiger partial charge in [0.2, 0.25) is 5.28 Å². The quantitative estimate of drug-likeness (QED) is 0.715. The van der Waals surface area contributed by atoms with Crippen LogP contribution in [-0.4, -0.2) is 39.0 Å². The number of benzene rings is 1. The minimum atomic E-state index is 0.174. The van der Waals surface area contributed by atoms with E-state index in [-0.39, 0.29) is 11.4 Å². The average Bonchev–Trinajstić information content (AvgIpc) is 3.23. The number of anilines is 1. The Morgan fingerprint density at radius 1 is 1.21 bits per heavy atom. The molecule has 3 heterocycles. The molecule has 1 saturated heterocycles. The lowest BCUT2D eigenvalue weighted by Crippen LogP contribution is -2.19. The molecule has 1 aromatic carbocycles. The lowest BCUT2D eigenvalue weighted by atomic mass is 10.2. The second-order valence-electron chi connectivity index (χ2n) is 5.63. The number of nitrogens with zero attached hydrogens (tertiary/aromatic N) is 4. The van der Waals surface area contributed by atoms with Gasteiger partial charge in [-0.3, -0.25) is 0 Å². The van der Waals surface area contributed by atoms with E-state index in [1.165, 1.54) is 0 Å². The molecule has 0 radical (unpaired) electrons. The maximum absolute atomic E-state index is 6.11. The second-order valence-corrected chi connectivity index (χ2v) is 6.40. The smallest absolute Gasteiger partial charge is 0.226 e. The van der Waals surface area contributed by atoms with E-state index in [4.69, 9.17) is 27.9 Å². The van der Waals surface area contributed by atoms with Gasteiger partial charge in [0.05, 0.1) is 23.4 Å². The number of halogens is 2. The fraction of sp³-hybridized carbons (Fsp3) is 0.312. The maximum atomic E-state index is 6.11. The van der Waals surface area contributed by atoms with Crippen LogP contribution in [0.1, 0.15) is 12.8 Å². The minimum absolute atomic E-state index is 0.174. The first-order valence-corrected chi connectivity index (χ1v) is 8.49. The summed E-state index contributed by atoms with van der Waals surface area (Å²) in [6.07, 6.45) is 4.10. The van der Waals surface area contributed by atoms with Crippen molar-refractivity contribution in [2.75, 3.05) is 18.5 Å². The topological polar surface area (TPSA) is 64.9 Å². The standard InChI is InChI=1S/C16H15Cl2N5O/c17-10-3-5-11(6-4-10)23-15-13(9-20-23)14(21-16(18)22-15)19-8-12-2-1-7-24-12/h3-6,9,12H,1-2,7-8H2,(H,19,21,22). The number of fused-ring (bicyclic) bond motifs is 1. The number of nitrogens with one attached hydrogen (secondary N) is 1. The van der Waals surface area contributed by atoms with Crippen molar-refractivity contribution in [2.24, 2.45) is 0 Å². The molecule has 1 aliphatic rings. The third kappa shape index (κ3) is 3.05.